The highest BCUT2D eigenvalue weighted by Gasteiger charge is 2.12. The summed E-state index contributed by atoms with van der Waals surface area (Å²) in [6.07, 6.45) is 5.93. The number of aromatic amines is 1. The molecule has 0 saturated heterocycles. The van der Waals surface area contributed by atoms with Crippen molar-refractivity contribution in [2.75, 3.05) is 11.9 Å². The van der Waals surface area contributed by atoms with Crippen molar-refractivity contribution in [3.8, 4) is 29.5 Å². The molecule has 0 radical (unpaired) electrons. The molecule has 4 aromatic carbocycles. The molecule has 0 atom stereocenters. The summed E-state index contributed by atoms with van der Waals surface area (Å²) in [5, 5.41) is 14.7. The van der Waals surface area contributed by atoms with Crippen molar-refractivity contribution in [1.29, 1.82) is 0 Å². The smallest absolute Gasteiger partial charge is 0.160 e. The number of ether oxygens (including phenoxy) is 1. The van der Waals surface area contributed by atoms with Crippen LogP contribution in [0.2, 0.25) is 0 Å². The van der Waals surface area contributed by atoms with E-state index in [2.05, 4.69) is 38.6 Å². The number of anilines is 2. The first-order valence-corrected chi connectivity index (χ1v) is 12.0. The van der Waals surface area contributed by atoms with Gasteiger partial charge in [0.25, 0.3) is 0 Å². The third-order valence-electron chi connectivity index (χ3n) is 6.17. The van der Waals surface area contributed by atoms with Crippen LogP contribution in [0.1, 0.15) is 11.3 Å². The average Bonchev–Trinajstić information content (AvgIpc) is 3.38. The maximum absolute atomic E-state index is 5.47. The number of hydrogen-bond acceptors (Lipinski definition) is 5. The summed E-state index contributed by atoms with van der Waals surface area (Å²) < 4.78 is 5.47. The number of hydrogen-bond donors (Lipinski definition) is 2. The lowest BCUT2D eigenvalue weighted by molar-refractivity contribution is 0.370. The van der Waals surface area contributed by atoms with Gasteiger partial charge < -0.3 is 15.0 Å². The SMILES string of the molecule is C#CCOc1ccc(Cc2nnc(Nc3ccc4nc(-c5ccccc5)[nH]c4c3)c3ccccc23)cc1. The van der Waals surface area contributed by atoms with Gasteiger partial charge in [0.15, 0.2) is 5.82 Å². The van der Waals surface area contributed by atoms with Crippen molar-refractivity contribution in [2.24, 2.45) is 0 Å². The summed E-state index contributed by atoms with van der Waals surface area (Å²) in [7, 11) is 0. The summed E-state index contributed by atoms with van der Waals surface area (Å²) >= 11 is 0. The lowest BCUT2D eigenvalue weighted by Gasteiger charge is -2.11. The van der Waals surface area contributed by atoms with Crippen molar-refractivity contribution < 1.29 is 4.74 Å². The van der Waals surface area contributed by atoms with Gasteiger partial charge in [0.05, 0.1) is 16.7 Å². The van der Waals surface area contributed by atoms with Crippen LogP contribution in [0.15, 0.2) is 97.1 Å². The van der Waals surface area contributed by atoms with Crippen molar-refractivity contribution in [3.63, 3.8) is 0 Å². The van der Waals surface area contributed by atoms with E-state index in [1.165, 1.54) is 0 Å². The quantitative estimate of drug-likeness (QED) is 0.254. The molecule has 0 unspecified atom stereocenters. The lowest BCUT2D eigenvalue weighted by Crippen LogP contribution is -2.02. The summed E-state index contributed by atoms with van der Waals surface area (Å²) in [4.78, 5) is 8.15. The van der Waals surface area contributed by atoms with Crippen LogP contribution in [-0.4, -0.2) is 26.8 Å². The fourth-order valence-corrected chi connectivity index (χ4v) is 4.36. The van der Waals surface area contributed by atoms with Gasteiger partial charge in [-0.15, -0.1) is 11.5 Å². The van der Waals surface area contributed by atoms with E-state index in [4.69, 9.17) is 16.1 Å². The van der Waals surface area contributed by atoms with E-state index in [-0.39, 0.29) is 6.61 Å². The lowest BCUT2D eigenvalue weighted by atomic mass is 10.0. The van der Waals surface area contributed by atoms with Crippen LogP contribution in [-0.2, 0) is 6.42 Å². The Labute approximate surface area is 214 Å². The number of imidazole rings is 1. The number of aromatic nitrogens is 4. The predicted octanol–water partition coefficient (Wildman–Crippen LogP) is 6.52. The zero-order valence-electron chi connectivity index (χ0n) is 20.0. The van der Waals surface area contributed by atoms with Gasteiger partial charge in [0.1, 0.15) is 18.2 Å². The van der Waals surface area contributed by atoms with Crippen LogP contribution in [0, 0.1) is 12.3 Å². The highest BCUT2D eigenvalue weighted by molar-refractivity contribution is 5.95. The van der Waals surface area contributed by atoms with Gasteiger partial charge in [-0.25, -0.2) is 4.98 Å². The Kier molecular flexibility index (Phi) is 5.94. The minimum Gasteiger partial charge on any atom is -0.481 e. The van der Waals surface area contributed by atoms with E-state index in [0.29, 0.717) is 12.2 Å². The molecule has 0 saturated carbocycles. The van der Waals surface area contributed by atoms with Crippen LogP contribution < -0.4 is 10.1 Å². The fourth-order valence-electron chi connectivity index (χ4n) is 4.36. The number of rotatable bonds is 7. The topological polar surface area (TPSA) is 75.7 Å². The number of H-pyrrole nitrogens is 1. The predicted molar refractivity (Wildman–Crippen MR) is 148 cm³/mol. The van der Waals surface area contributed by atoms with Crippen molar-refractivity contribution in [2.45, 2.75) is 6.42 Å². The van der Waals surface area contributed by atoms with E-state index in [0.717, 1.165) is 55.9 Å². The molecule has 2 aromatic heterocycles. The summed E-state index contributed by atoms with van der Waals surface area (Å²) in [6.45, 7) is 0.255. The van der Waals surface area contributed by atoms with E-state index >= 15 is 0 Å². The number of benzene rings is 4. The number of nitrogens with zero attached hydrogens (tertiary/aromatic N) is 3. The molecule has 0 spiro atoms. The van der Waals surface area contributed by atoms with Gasteiger partial charge in [-0.3, -0.25) is 0 Å². The zero-order valence-corrected chi connectivity index (χ0v) is 20.0. The van der Waals surface area contributed by atoms with Crippen LogP contribution in [0.4, 0.5) is 11.5 Å². The molecule has 178 valence electrons. The van der Waals surface area contributed by atoms with Crippen LogP contribution in [0.5, 0.6) is 5.75 Å². The Morgan fingerprint density at radius 2 is 1.62 bits per heavy atom. The Hall–Kier alpha value is -5.15. The Bertz CT molecular complexity index is 1730. The molecule has 2 N–H and O–H groups in total. The molecule has 6 aromatic rings. The largest absolute Gasteiger partial charge is 0.481 e. The second-order valence-electron chi connectivity index (χ2n) is 8.66. The Morgan fingerprint density at radius 1 is 0.838 bits per heavy atom. The van der Waals surface area contributed by atoms with Crippen molar-refractivity contribution >= 4 is 33.3 Å². The van der Waals surface area contributed by atoms with Crippen LogP contribution in [0.3, 0.4) is 0 Å². The van der Waals surface area contributed by atoms with Gasteiger partial charge in [-0.2, -0.15) is 5.10 Å². The van der Waals surface area contributed by atoms with Gasteiger partial charge >= 0.3 is 0 Å². The van der Waals surface area contributed by atoms with Gasteiger partial charge in [-0.05, 0) is 35.9 Å². The first kappa shape index (κ1) is 22.3. The standard InChI is InChI=1S/C31H23N5O/c1-2-18-37-24-15-12-21(13-16-24)19-28-25-10-6-7-11-26(25)31(36-35-28)32-23-14-17-27-29(20-23)34-30(33-27)22-8-4-3-5-9-22/h1,3-17,20H,18-19H2,(H,32,36)(H,33,34). The second-order valence-corrected chi connectivity index (χ2v) is 8.66. The maximum atomic E-state index is 5.47. The summed E-state index contributed by atoms with van der Waals surface area (Å²) in [6, 6.07) is 32.2. The zero-order chi connectivity index (χ0) is 25.0. The average molecular weight is 482 g/mol. The molecule has 37 heavy (non-hydrogen) atoms. The molecule has 0 aliphatic heterocycles. The fraction of sp³-hybridized carbons (Fsp3) is 0.0645. The molecule has 0 aliphatic rings. The molecule has 6 heteroatoms. The molecule has 0 amide bonds. The molecule has 0 fully saturated rings. The third kappa shape index (κ3) is 4.71. The van der Waals surface area contributed by atoms with Gasteiger partial charge in [0.2, 0.25) is 0 Å². The summed E-state index contributed by atoms with van der Waals surface area (Å²) in [5.41, 5.74) is 5.85. The highest BCUT2D eigenvalue weighted by Crippen LogP contribution is 2.29. The molecular formula is C31H23N5O. The Balaban J connectivity index is 1.27. The number of nitrogens with one attached hydrogen (secondary N) is 2. The second kappa shape index (κ2) is 9.84. The maximum Gasteiger partial charge on any atom is 0.160 e. The van der Waals surface area contributed by atoms with E-state index < -0.39 is 0 Å². The van der Waals surface area contributed by atoms with E-state index in [1.807, 2.05) is 84.9 Å². The molecular weight excluding hydrogens is 458 g/mol. The summed E-state index contributed by atoms with van der Waals surface area (Å²) in [5.74, 6) is 4.78. The molecule has 6 nitrogen and oxygen atoms in total. The molecule has 0 aliphatic carbocycles. The van der Waals surface area contributed by atoms with Crippen LogP contribution >= 0.6 is 0 Å². The molecule has 0 bridgehead atoms. The minimum absolute atomic E-state index is 0.255. The minimum atomic E-state index is 0.255. The van der Waals surface area contributed by atoms with Gasteiger partial charge in [-0.1, -0.05) is 72.7 Å². The first-order valence-electron chi connectivity index (χ1n) is 12.0. The molecule has 2 heterocycles. The van der Waals surface area contributed by atoms with Crippen LogP contribution in [0.25, 0.3) is 33.2 Å². The van der Waals surface area contributed by atoms with Crippen molar-refractivity contribution in [3.05, 3.63) is 108 Å². The first-order chi connectivity index (χ1) is 18.3. The highest BCUT2D eigenvalue weighted by atomic mass is 16.5. The monoisotopic (exact) mass is 481 g/mol. The van der Waals surface area contributed by atoms with Gasteiger partial charge in [0, 0.05) is 28.4 Å². The third-order valence-corrected chi connectivity index (χ3v) is 6.17. The van der Waals surface area contributed by atoms with E-state index in [9.17, 15) is 0 Å². The normalized spacial score (nSPS) is 10.9. The van der Waals surface area contributed by atoms with E-state index in [1.54, 1.807) is 0 Å². The molecule has 6 rings (SSSR count). The Morgan fingerprint density at radius 3 is 2.43 bits per heavy atom. The number of terminal acetylenes is 1. The number of fused-ring (bicyclic) bond motifs is 2. The van der Waals surface area contributed by atoms with Crippen molar-refractivity contribution in [1.82, 2.24) is 20.2 Å².